The minimum absolute atomic E-state index is 0.646. The van der Waals surface area contributed by atoms with Crippen LogP contribution >= 0.6 is 0 Å². The summed E-state index contributed by atoms with van der Waals surface area (Å²) >= 11 is 0. The van der Waals surface area contributed by atoms with Crippen molar-refractivity contribution in [3.05, 3.63) is 53.1 Å². The fourth-order valence-corrected chi connectivity index (χ4v) is 2.27. The lowest BCUT2D eigenvalue weighted by Crippen LogP contribution is -2.10. The van der Waals surface area contributed by atoms with Gasteiger partial charge in [-0.2, -0.15) is 0 Å². The molecule has 2 aromatic rings. The molecule has 1 aromatic carbocycles. The standard InChI is InChI=1S/C15H20N2O/c1-4-8-17-9-7-16-15(17)14(18)13-6-5-11(2)10-12(13)3/h5-7,9-10,14,18H,4,8H2,1-3H3. The molecule has 2 rings (SSSR count). The fraction of sp³-hybridized carbons (Fsp3) is 0.400. The molecule has 1 unspecified atom stereocenters. The van der Waals surface area contributed by atoms with E-state index in [4.69, 9.17) is 0 Å². The van der Waals surface area contributed by atoms with Gasteiger partial charge in [0.2, 0.25) is 0 Å². The zero-order valence-corrected chi connectivity index (χ0v) is 11.2. The molecule has 0 spiro atoms. The number of aliphatic hydroxyl groups excluding tert-OH is 1. The van der Waals surface area contributed by atoms with Gasteiger partial charge in [0, 0.05) is 18.9 Å². The van der Waals surface area contributed by atoms with Crippen LogP contribution in [-0.2, 0) is 6.54 Å². The third kappa shape index (κ3) is 2.46. The van der Waals surface area contributed by atoms with Crippen molar-refractivity contribution in [3.8, 4) is 0 Å². The fourth-order valence-electron chi connectivity index (χ4n) is 2.27. The Morgan fingerprint density at radius 2 is 2.11 bits per heavy atom. The van der Waals surface area contributed by atoms with E-state index in [1.807, 2.05) is 29.8 Å². The second-order valence-electron chi connectivity index (χ2n) is 4.74. The van der Waals surface area contributed by atoms with Gasteiger partial charge in [-0.05, 0) is 31.4 Å². The van der Waals surface area contributed by atoms with E-state index in [-0.39, 0.29) is 0 Å². The van der Waals surface area contributed by atoms with Gasteiger partial charge in [-0.15, -0.1) is 0 Å². The third-order valence-electron chi connectivity index (χ3n) is 3.18. The minimum atomic E-state index is -0.646. The number of aliphatic hydroxyl groups is 1. The van der Waals surface area contributed by atoms with Crippen molar-refractivity contribution in [3.63, 3.8) is 0 Å². The van der Waals surface area contributed by atoms with Crippen LogP contribution in [0, 0.1) is 13.8 Å². The largest absolute Gasteiger partial charge is 0.380 e. The van der Waals surface area contributed by atoms with E-state index in [0.29, 0.717) is 0 Å². The second kappa shape index (κ2) is 5.36. The Hall–Kier alpha value is -1.61. The van der Waals surface area contributed by atoms with Crippen LogP contribution in [0.4, 0.5) is 0 Å². The molecular weight excluding hydrogens is 224 g/mol. The summed E-state index contributed by atoms with van der Waals surface area (Å²) in [6.45, 7) is 7.09. The normalized spacial score (nSPS) is 12.7. The van der Waals surface area contributed by atoms with Crippen LogP contribution in [0.25, 0.3) is 0 Å². The highest BCUT2D eigenvalue weighted by atomic mass is 16.3. The van der Waals surface area contributed by atoms with Crippen LogP contribution in [0.5, 0.6) is 0 Å². The molecule has 0 aliphatic rings. The van der Waals surface area contributed by atoms with Gasteiger partial charge in [0.05, 0.1) is 0 Å². The van der Waals surface area contributed by atoms with E-state index in [0.717, 1.165) is 29.9 Å². The predicted molar refractivity (Wildman–Crippen MR) is 72.5 cm³/mol. The summed E-state index contributed by atoms with van der Waals surface area (Å²) in [7, 11) is 0. The molecule has 0 aliphatic heterocycles. The quantitative estimate of drug-likeness (QED) is 0.897. The lowest BCUT2D eigenvalue weighted by Gasteiger charge is -2.15. The number of aromatic nitrogens is 2. The Morgan fingerprint density at radius 3 is 2.78 bits per heavy atom. The van der Waals surface area contributed by atoms with Crippen molar-refractivity contribution < 1.29 is 5.11 Å². The van der Waals surface area contributed by atoms with Crippen molar-refractivity contribution >= 4 is 0 Å². The highest BCUT2D eigenvalue weighted by molar-refractivity contribution is 5.34. The first-order chi connectivity index (χ1) is 8.63. The molecule has 96 valence electrons. The average molecular weight is 244 g/mol. The summed E-state index contributed by atoms with van der Waals surface area (Å²) in [4.78, 5) is 4.29. The minimum Gasteiger partial charge on any atom is -0.380 e. The number of benzene rings is 1. The Kier molecular flexibility index (Phi) is 3.82. The van der Waals surface area contributed by atoms with Gasteiger partial charge in [-0.1, -0.05) is 30.7 Å². The van der Waals surface area contributed by atoms with Crippen molar-refractivity contribution in [1.29, 1.82) is 0 Å². The number of rotatable bonds is 4. The Morgan fingerprint density at radius 1 is 1.33 bits per heavy atom. The van der Waals surface area contributed by atoms with E-state index in [1.165, 1.54) is 5.56 Å². The summed E-state index contributed by atoms with van der Waals surface area (Å²) in [6.07, 6.45) is 4.05. The molecule has 1 heterocycles. The maximum Gasteiger partial charge on any atom is 0.142 e. The topological polar surface area (TPSA) is 38.0 Å². The van der Waals surface area contributed by atoms with E-state index in [9.17, 15) is 5.11 Å². The van der Waals surface area contributed by atoms with Crippen LogP contribution in [0.1, 0.15) is 42.0 Å². The van der Waals surface area contributed by atoms with Crippen molar-refractivity contribution in [2.45, 2.75) is 39.8 Å². The molecule has 0 radical (unpaired) electrons. The first-order valence-electron chi connectivity index (χ1n) is 6.39. The van der Waals surface area contributed by atoms with Crippen LogP contribution in [0.15, 0.2) is 30.6 Å². The van der Waals surface area contributed by atoms with Crippen LogP contribution in [0.2, 0.25) is 0 Å². The molecule has 0 saturated heterocycles. The van der Waals surface area contributed by atoms with E-state index < -0.39 is 6.10 Å². The third-order valence-corrected chi connectivity index (χ3v) is 3.18. The molecule has 1 N–H and O–H groups in total. The smallest absolute Gasteiger partial charge is 0.142 e. The molecule has 0 saturated carbocycles. The molecule has 0 fully saturated rings. The first kappa shape index (κ1) is 12.8. The maximum atomic E-state index is 10.5. The molecule has 0 amide bonds. The molecule has 0 aliphatic carbocycles. The lowest BCUT2D eigenvalue weighted by molar-refractivity contribution is 0.203. The molecule has 3 heteroatoms. The molecule has 18 heavy (non-hydrogen) atoms. The van der Waals surface area contributed by atoms with Crippen LogP contribution < -0.4 is 0 Å². The molecule has 3 nitrogen and oxygen atoms in total. The van der Waals surface area contributed by atoms with Gasteiger partial charge < -0.3 is 9.67 Å². The summed E-state index contributed by atoms with van der Waals surface area (Å²) in [5.74, 6) is 0.726. The highest BCUT2D eigenvalue weighted by Gasteiger charge is 2.17. The van der Waals surface area contributed by atoms with Gasteiger partial charge in [-0.3, -0.25) is 0 Å². The van der Waals surface area contributed by atoms with Gasteiger partial charge in [0.1, 0.15) is 11.9 Å². The van der Waals surface area contributed by atoms with Crippen LogP contribution in [-0.4, -0.2) is 14.7 Å². The second-order valence-corrected chi connectivity index (χ2v) is 4.74. The Labute approximate surface area is 108 Å². The van der Waals surface area contributed by atoms with Gasteiger partial charge in [0.15, 0.2) is 0 Å². The first-order valence-corrected chi connectivity index (χ1v) is 6.39. The monoisotopic (exact) mass is 244 g/mol. The maximum absolute atomic E-state index is 10.5. The molecule has 1 atom stereocenters. The summed E-state index contributed by atoms with van der Waals surface area (Å²) in [5.41, 5.74) is 3.25. The van der Waals surface area contributed by atoms with Gasteiger partial charge in [-0.25, -0.2) is 4.98 Å². The summed E-state index contributed by atoms with van der Waals surface area (Å²) in [6, 6.07) is 6.10. The molecule has 0 bridgehead atoms. The summed E-state index contributed by atoms with van der Waals surface area (Å²) < 4.78 is 2.02. The Balaban J connectivity index is 2.35. The zero-order valence-electron chi connectivity index (χ0n) is 11.2. The number of nitrogens with zero attached hydrogens (tertiary/aromatic N) is 2. The van der Waals surface area contributed by atoms with Crippen molar-refractivity contribution in [2.75, 3.05) is 0 Å². The van der Waals surface area contributed by atoms with E-state index in [1.54, 1.807) is 6.20 Å². The van der Waals surface area contributed by atoms with Gasteiger partial charge in [0.25, 0.3) is 0 Å². The van der Waals surface area contributed by atoms with E-state index >= 15 is 0 Å². The molecule has 1 aromatic heterocycles. The van der Waals surface area contributed by atoms with Gasteiger partial charge >= 0.3 is 0 Å². The zero-order chi connectivity index (χ0) is 13.1. The SMILES string of the molecule is CCCn1ccnc1C(O)c1ccc(C)cc1C. The predicted octanol–water partition coefficient (Wildman–Crippen LogP) is 2.99. The van der Waals surface area contributed by atoms with Crippen LogP contribution in [0.3, 0.4) is 0 Å². The lowest BCUT2D eigenvalue weighted by atomic mass is 10.0. The highest BCUT2D eigenvalue weighted by Crippen LogP contribution is 2.24. The average Bonchev–Trinajstić information content (AvgIpc) is 2.77. The number of hydrogen-bond donors (Lipinski definition) is 1. The number of imidazole rings is 1. The van der Waals surface area contributed by atoms with Crippen molar-refractivity contribution in [2.24, 2.45) is 0 Å². The molecular formula is C15H20N2O. The Bertz CT molecular complexity index is 531. The number of aryl methyl sites for hydroxylation is 3. The van der Waals surface area contributed by atoms with Crippen molar-refractivity contribution in [1.82, 2.24) is 9.55 Å². The van der Waals surface area contributed by atoms with E-state index in [2.05, 4.69) is 24.9 Å². The number of hydrogen-bond acceptors (Lipinski definition) is 2. The summed E-state index contributed by atoms with van der Waals surface area (Å²) in [5, 5.41) is 10.5.